The summed E-state index contributed by atoms with van der Waals surface area (Å²) < 4.78 is 5.39. The summed E-state index contributed by atoms with van der Waals surface area (Å²) in [6.45, 7) is 4.84. The maximum Gasteiger partial charge on any atom is 0.238 e. The summed E-state index contributed by atoms with van der Waals surface area (Å²) >= 11 is 1.78. The first-order chi connectivity index (χ1) is 12.8. The van der Waals surface area contributed by atoms with Crippen LogP contribution in [0, 0.1) is 0 Å². The lowest BCUT2D eigenvalue weighted by atomic mass is 10.2. The number of nitrogens with zero attached hydrogens (tertiary/aromatic N) is 2. The highest BCUT2D eigenvalue weighted by Gasteiger charge is 2.28. The maximum absolute atomic E-state index is 12.5. The Morgan fingerprint density at radius 1 is 1.15 bits per heavy atom. The molecule has 26 heavy (non-hydrogen) atoms. The van der Waals surface area contributed by atoms with E-state index < -0.39 is 0 Å². The van der Waals surface area contributed by atoms with Crippen LogP contribution in [-0.2, 0) is 9.53 Å². The molecule has 2 aliphatic rings. The van der Waals surface area contributed by atoms with Crippen molar-refractivity contribution >= 4 is 28.6 Å². The smallest absolute Gasteiger partial charge is 0.238 e. The van der Waals surface area contributed by atoms with E-state index >= 15 is 0 Å². The minimum atomic E-state index is 0.0626. The quantitative estimate of drug-likeness (QED) is 0.875. The fourth-order valence-electron chi connectivity index (χ4n) is 3.78. The molecule has 2 aliphatic heterocycles. The fraction of sp³-hybridized carbons (Fsp3) is 0.450. The van der Waals surface area contributed by atoms with Crippen LogP contribution >= 0.6 is 11.3 Å². The van der Waals surface area contributed by atoms with Gasteiger partial charge in [0.25, 0.3) is 0 Å². The predicted molar refractivity (Wildman–Crippen MR) is 106 cm³/mol. The summed E-state index contributed by atoms with van der Waals surface area (Å²) in [6, 6.07) is 12.8. The highest BCUT2D eigenvalue weighted by molar-refractivity contribution is 7.10. The first-order valence-corrected chi connectivity index (χ1v) is 10.2. The van der Waals surface area contributed by atoms with Gasteiger partial charge in [-0.25, -0.2) is 0 Å². The molecule has 138 valence electrons. The molecule has 0 bridgehead atoms. The van der Waals surface area contributed by atoms with E-state index in [1.165, 1.54) is 10.6 Å². The van der Waals surface area contributed by atoms with Gasteiger partial charge < -0.3 is 15.0 Å². The van der Waals surface area contributed by atoms with Crippen LogP contribution in [0.25, 0.3) is 0 Å². The SMILES string of the molecule is O=C(CN1CCC[C@H]1c1cccs1)Nc1ccc(N2CCOCC2)cc1. The molecule has 1 N–H and O–H groups in total. The van der Waals surface area contributed by atoms with E-state index in [0.717, 1.165) is 51.4 Å². The lowest BCUT2D eigenvalue weighted by molar-refractivity contribution is -0.117. The topological polar surface area (TPSA) is 44.8 Å². The second kappa shape index (κ2) is 8.20. The van der Waals surface area contributed by atoms with E-state index in [9.17, 15) is 4.79 Å². The molecule has 1 aromatic heterocycles. The number of hydrogen-bond donors (Lipinski definition) is 1. The molecule has 0 radical (unpaired) electrons. The fourth-order valence-corrected chi connectivity index (χ4v) is 4.68. The molecule has 5 nitrogen and oxygen atoms in total. The zero-order valence-electron chi connectivity index (χ0n) is 14.9. The molecule has 0 spiro atoms. The Balaban J connectivity index is 1.33. The van der Waals surface area contributed by atoms with Gasteiger partial charge in [-0.15, -0.1) is 11.3 Å². The molecule has 4 rings (SSSR count). The van der Waals surface area contributed by atoms with Crippen molar-refractivity contribution in [1.29, 1.82) is 0 Å². The zero-order chi connectivity index (χ0) is 17.8. The number of thiophene rings is 1. The molecular formula is C20H25N3O2S. The van der Waals surface area contributed by atoms with Gasteiger partial charge in [0.1, 0.15) is 0 Å². The van der Waals surface area contributed by atoms with Gasteiger partial charge in [0, 0.05) is 35.4 Å². The molecular weight excluding hydrogens is 346 g/mol. The van der Waals surface area contributed by atoms with Crippen molar-refractivity contribution in [3.8, 4) is 0 Å². The van der Waals surface area contributed by atoms with E-state index in [-0.39, 0.29) is 5.91 Å². The number of anilines is 2. The molecule has 6 heteroatoms. The Kier molecular flexibility index (Phi) is 5.53. The van der Waals surface area contributed by atoms with E-state index in [2.05, 4.69) is 44.8 Å². The number of rotatable bonds is 5. The number of morpholine rings is 1. The first kappa shape index (κ1) is 17.5. The number of likely N-dealkylation sites (tertiary alicyclic amines) is 1. The average molecular weight is 372 g/mol. The lowest BCUT2D eigenvalue weighted by Gasteiger charge is -2.29. The third kappa shape index (κ3) is 4.09. The van der Waals surface area contributed by atoms with Crippen LogP contribution in [-0.4, -0.2) is 50.2 Å². The van der Waals surface area contributed by atoms with Gasteiger partial charge in [0.05, 0.1) is 19.8 Å². The van der Waals surface area contributed by atoms with Gasteiger partial charge >= 0.3 is 0 Å². The summed E-state index contributed by atoms with van der Waals surface area (Å²) in [5, 5.41) is 5.16. The number of carbonyl (C=O) groups is 1. The number of nitrogens with one attached hydrogen (secondary N) is 1. The second-order valence-electron chi connectivity index (χ2n) is 6.84. The molecule has 2 aromatic rings. The standard InChI is InChI=1S/C20H25N3O2S/c24-20(15-23-9-1-3-18(23)19-4-2-14-26-19)21-16-5-7-17(8-6-16)22-10-12-25-13-11-22/h2,4-8,14,18H,1,3,9-13,15H2,(H,21,24)/t18-/m0/s1. The van der Waals surface area contributed by atoms with Crippen molar-refractivity contribution in [3.63, 3.8) is 0 Å². The second-order valence-corrected chi connectivity index (χ2v) is 7.82. The number of ether oxygens (including phenoxy) is 1. The van der Waals surface area contributed by atoms with Crippen molar-refractivity contribution in [2.75, 3.05) is 49.6 Å². The highest BCUT2D eigenvalue weighted by atomic mass is 32.1. The van der Waals surface area contributed by atoms with Crippen LogP contribution in [0.1, 0.15) is 23.8 Å². The summed E-state index contributed by atoms with van der Waals surface area (Å²) in [5.74, 6) is 0.0626. The van der Waals surface area contributed by atoms with Gasteiger partial charge in [0.2, 0.25) is 5.91 Å². The van der Waals surface area contributed by atoms with Crippen LogP contribution < -0.4 is 10.2 Å². The monoisotopic (exact) mass is 371 g/mol. The molecule has 1 amide bonds. The molecule has 0 unspecified atom stereocenters. The normalized spacial score (nSPS) is 21.1. The number of carbonyl (C=O) groups excluding carboxylic acids is 1. The Morgan fingerprint density at radius 3 is 2.69 bits per heavy atom. The van der Waals surface area contributed by atoms with Crippen LogP contribution in [0.3, 0.4) is 0 Å². The summed E-state index contributed by atoms with van der Waals surface area (Å²) in [6.07, 6.45) is 2.30. The minimum Gasteiger partial charge on any atom is -0.378 e. The van der Waals surface area contributed by atoms with Crippen molar-refractivity contribution in [3.05, 3.63) is 46.7 Å². The lowest BCUT2D eigenvalue weighted by Crippen LogP contribution is -2.36. The van der Waals surface area contributed by atoms with Crippen molar-refractivity contribution in [1.82, 2.24) is 4.90 Å². The summed E-state index contributed by atoms with van der Waals surface area (Å²) in [5.41, 5.74) is 2.04. The maximum atomic E-state index is 12.5. The summed E-state index contributed by atoms with van der Waals surface area (Å²) in [7, 11) is 0. The van der Waals surface area contributed by atoms with Crippen LogP contribution in [0.4, 0.5) is 11.4 Å². The van der Waals surface area contributed by atoms with Gasteiger partial charge in [-0.1, -0.05) is 6.07 Å². The van der Waals surface area contributed by atoms with E-state index in [1.807, 2.05) is 12.1 Å². The van der Waals surface area contributed by atoms with Crippen molar-refractivity contribution < 1.29 is 9.53 Å². The Morgan fingerprint density at radius 2 is 1.96 bits per heavy atom. The molecule has 0 aliphatic carbocycles. The Bertz CT molecular complexity index is 711. The van der Waals surface area contributed by atoms with Crippen LogP contribution in [0.15, 0.2) is 41.8 Å². The van der Waals surface area contributed by atoms with E-state index in [0.29, 0.717) is 12.6 Å². The van der Waals surface area contributed by atoms with Gasteiger partial charge in [-0.05, 0) is 55.1 Å². The molecule has 3 heterocycles. The van der Waals surface area contributed by atoms with E-state index in [1.54, 1.807) is 11.3 Å². The number of benzene rings is 1. The van der Waals surface area contributed by atoms with Crippen LogP contribution in [0.5, 0.6) is 0 Å². The third-order valence-electron chi connectivity index (χ3n) is 5.11. The molecule has 1 atom stereocenters. The molecule has 1 aromatic carbocycles. The number of amides is 1. The molecule has 2 fully saturated rings. The van der Waals surface area contributed by atoms with Gasteiger partial charge in [0.15, 0.2) is 0 Å². The van der Waals surface area contributed by atoms with Gasteiger partial charge in [-0.3, -0.25) is 9.69 Å². The number of hydrogen-bond acceptors (Lipinski definition) is 5. The predicted octanol–water partition coefficient (Wildman–Crippen LogP) is 3.36. The Hall–Kier alpha value is -1.89. The van der Waals surface area contributed by atoms with Crippen molar-refractivity contribution in [2.45, 2.75) is 18.9 Å². The van der Waals surface area contributed by atoms with Crippen molar-refractivity contribution in [2.24, 2.45) is 0 Å². The van der Waals surface area contributed by atoms with Crippen LogP contribution in [0.2, 0.25) is 0 Å². The first-order valence-electron chi connectivity index (χ1n) is 9.30. The van der Waals surface area contributed by atoms with Gasteiger partial charge in [-0.2, -0.15) is 0 Å². The molecule has 0 saturated carbocycles. The molecule has 2 saturated heterocycles. The zero-order valence-corrected chi connectivity index (χ0v) is 15.7. The Labute approximate surface area is 158 Å². The average Bonchev–Trinajstić information content (AvgIpc) is 3.34. The summed E-state index contributed by atoms with van der Waals surface area (Å²) in [4.78, 5) is 18.5. The largest absolute Gasteiger partial charge is 0.378 e. The highest BCUT2D eigenvalue weighted by Crippen LogP contribution is 2.34. The third-order valence-corrected chi connectivity index (χ3v) is 6.08. The minimum absolute atomic E-state index is 0.0626. The van der Waals surface area contributed by atoms with E-state index in [4.69, 9.17) is 4.74 Å².